The van der Waals surface area contributed by atoms with Crippen molar-refractivity contribution in [3.8, 4) is 0 Å². The molecule has 0 N–H and O–H groups in total. The van der Waals surface area contributed by atoms with E-state index >= 15 is 0 Å². The Kier molecular flexibility index (Phi) is 2.96. The van der Waals surface area contributed by atoms with E-state index in [9.17, 15) is 4.39 Å². The monoisotopic (exact) mass is 238 g/mol. The first-order valence-electron chi connectivity index (χ1n) is 4.51. The average Bonchev–Trinajstić information content (AvgIpc) is 2.29. The van der Waals surface area contributed by atoms with E-state index in [0.29, 0.717) is 5.82 Å². The van der Waals surface area contributed by atoms with E-state index in [2.05, 4.69) is 15.2 Å². The fourth-order valence-electron chi connectivity index (χ4n) is 1.23. The van der Waals surface area contributed by atoms with Crippen molar-refractivity contribution in [2.75, 3.05) is 11.9 Å². The van der Waals surface area contributed by atoms with Gasteiger partial charge in [-0.3, -0.25) is 0 Å². The Bertz CT molecular complexity index is 488. The molecule has 0 saturated heterocycles. The van der Waals surface area contributed by atoms with Crippen molar-refractivity contribution >= 4 is 23.1 Å². The molecule has 6 heteroatoms. The number of aromatic nitrogens is 3. The summed E-state index contributed by atoms with van der Waals surface area (Å²) in [6.07, 6.45) is 1.48. The van der Waals surface area contributed by atoms with E-state index < -0.39 is 0 Å². The number of anilines is 2. The molecule has 1 aromatic carbocycles. The molecule has 0 aliphatic rings. The molecule has 2 aromatic rings. The molecule has 1 heterocycles. The summed E-state index contributed by atoms with van der Waals surface area (Å²) in [5.74, 6) is 0.266. The van der Waals surface area contributed by atoms with Crippen LogP contribution in [0, 0.1) is 5.82 Å². The van der Waals surface area contributed by atoms with Crippen molar-refractivity contribution in [1.82, 2.24) is 15.2 Å². The van der Waals surface area contributed by atoms with Gasteiger partial charge in [0, 0.05) is 12.7 Å². The summed E-state index contributed by atoms with van der Waals surface area (Å²) < 4.78 is 12.7. The molecular formula is C10H8ClFN4. The molecular weight excluding hydrogens is 231 g/mol. The van der Waals surface area contributed by atoms with Crippen LogP contribution in [-0.2, 0) is 0 Å². The molecule has 0 spiro atoms. The summed E-state index contributed by atoms with van der Waals surface area (Å²) in [6, 6.07) is 6.04. The molecule has 0 saturated carbocycles. The molecule has 0 aliphatic heterocycles. The standard InChI is InChI=1S/C10H8ClFN4/c1-16(8-4-2-7(12)3-5-8)9-6-13-15-10(11)14-9/h2-6H,1H3. The van der Waals surface area contributed by atoms with Crippen LogP contribution in [0.4, 0.5) is 15.9 Å². The Morgan fingerprint density at radius 2 is 1.94 bits per heavy atom. The van der Waals surface area contributed by atoms with E-state index in [1.54, 1.807) is 24.1 Å². The Labute approximate surface area is 96.7 Å². The van der Waals surface area contributed by atoms with Crippen LogP contribution in [0.1, 0.15) is 0 Å². The highest BCUT2D eigenvalue weighted by Gasteiger charge is 2.06. The molecule has 4 nitrogen and oxygen atoms in total. The molecule has 0 radical (unpaired) electrons. The summed E-state index contributed by atoms with van der Waals surface area (Å²) in [6.45, 7) is 0. The van der Waals surface area contributed by atoms with Crippen LogP contribution in [-0.4, -0.2) is 22.2 Å². The van der Waals surface area contributed by atoms with Gasteiger partial charge in [0.05, 0.1) is 6.20 Å². The van der Waals surface area contributed by atoms with Gasteiger partial charge >= 0.3 is 0 Å². The number of halogens is 2. The lowest BCUT2D eigenvalue weighted by Gasteiger charge is -2.17. The van der Waals surface area contributed by atoms with Crippen molar-refractivity contribution < 1.29 is 4.39 Å². The van der Waals surface area contributed by atoms with E-state index in [-0.39, 0.29) is 11.1 Å². The molecule has 82 valence electrons. The van der Waals surface area contributed by atoms with Crippen LogP contribution in [0.2, 0.25) is 5.28 Å². The molecule has 16 heavy (non-hydrogen) atoms. The van der Waals surface area contributed by atoms with Crippen molar-refractivity contribution in [2.24, 2.45) is 0 Å². The van der Waals surface area contributed by atoms with Gasteiger partial charge in [-0.25, -0.2) is 4.39 Å². The summed E-state index contributed by atoms with van der Waals surface area (Å²) in [7, 11) is 1.79. The molecule has 0 unspecified atom stereocenters. The van der Waals surface area contributed by atoms with Gasteiger partial charge in [-0.2, -0.15) is 10.1 Å². The number of nitrogens with zero attached hydrogens (tertiary/aromatic N) is 4. The van der Waals surface area contributed by atoms with Crippen molar-refractivity contribution in [2.45, 2.75) is 0 Å². The summed E-state index contributed by atoms with van der Waals surface area (Å²) >= 11 is 5.63. The fourth-order valence-corrected chi connectivity index (χ4v) is 1.36. The summed E-state index contributed by atoms with van der Waals surface area (Å²) in [5, 5.41) is 7.31. The number of hydrogen-bond donors (Lipinski definition) is 0. The molecule has 0 bridgehead atoms. The molecule has 0 amide bonds. The maximum absolute atomic E-state index is 12.7. The zero-order valence-corrected chi connectivity index (χ0v) is 9.19. The van der Waals surface area contributed by atoms with Gasteiger partial charge in [0.2, 0.25) is 5.28 Å². The highest BCUT2D eigenvalue weighted by molar-refractivity contribution is 6.28. The minimum absolute atomic E-state index is 0.0754. The second kappa shape index (κ2) is 4.40. The predicted molar refractivity (Wildman–Crippen MR) is 59.3 cm³/mol. The largest absolute Gasteiger partial charge is 0.328 e. The van der Waals surface area contributed by atoms with E-state index in [1.807, 2.05) is 0 Å². The van der Waals surface area contributed by atoms with Gasteiger partial charge in [0.1, 0.15) is 5.82 Å². The Morgan fingerprint density at radius 3 is 2.56 bits per heavy atom. The lowest BCUT2D eigenvalue weighted by atomic mass is 10.3. The van der Waals surface area contributed by atoms with Gasteiger partial charge in [-0.15, -0.1) is 5.10 Å². The molecule has 0 atom stereocenters. The van der Waals surface area contributed by atoms with E-state index in [4.69, 9.17) is 11.6 Å². The van der Waals surface area contributed by atoms with Gasteiger partial charge in [0.15, 0.2) is 5.82 Å². The van der Waals surface area contributed by atoms with Gasteiger partial charge in [-0.05, 0) is 35.9 Å². The SMILES string of the molecule is CN(c1ccc(F)cc1)c1cnnc(Cl)n1. The van der Waals surface area contributed by atoms with Crippen LogP contribution < -0.4 is 4.90 Å². The third-order valence-electron chi connectivity index (χ3n) is 2.08. The molecule has 1 aromatic heterocycles. The Hall–Kier alpha value is -1.75. The second-order valence-electron chi connectivity index (χ2n) is 3.12. The van der Waals surface area contributed by atoms with Crippen LogP contribution in [0.3, 0.4) is 0 Å². The van der Waals surface area contributed by atoms with E-state index in [1.165, 1.54) is 18.3 Å². The number of hydrogen-bond acceptors (Lipinski definition) is 4. The maximum Gasteiger partial charge on any atom is 0.244 e. The lowest BCUT2D eigenvalue weighted by Crippen LogP contribution is -2.12. The highest BCUT2D eigenvalue weighted by atomic mass is 35.5. The fraction of sp³-hybridized carbons (Fsp3) is 0.100. The van der Waals surface area contributed by atoms with Crippen molar-refractivity contribution in [3.05, 3.63) is 41.6 Å². The van der Waals surface area contributed by atoms with Crippen LogP contribution in [0.15, 0.2) is 30.5 Å². The smallest absolute Gasteiger partial charge is 0.244 e. The minimum Gasteiger partial charge on any atom is -0.328 e. The maximum atomic E-state index is 12.7. The quantitative estimate of drug-likeness (QED) is 0.806. The van der Waals surface area contributed by atoms with E-state index in [0.717, 1.165) is 5.69 Å². The van der Waals surface area contributed by atoms with Crippen LogP contribution in [0.5, 0.6) is 0 Å². The lowest BCUT2D eigenvalue weighted by molar-refractivity contribution is 0.628. The first kappa shape index (κ1) is 10.8. The molecule has 2 rings (SSSR count). The molecule has 0 aliphatic carbocycles. The van der Waals surface area contributed by atoms with Gasteiger partial charge in [-0.1, -0.05) is 0 Å². The minimum atomic E-state index is -0.281. The normalized spacial score (nSPS) is 10.2. The van der Waals surface area contributed by atoms with Gasteiger partial charge in [0.25, 0.3) is 0 Å². The topological polar surface area (TPSA) is 41.9 Å². The zero-order valence-electron chi connectivity index (χ0n) is 8.43. The number of benzene rings is 1. The third kappa shape index (κ3) is 2.25. The second-order valence-corrected chi connectivity index (χ2v) is 3.46. The summed E-state index contributed by atoms with van der Waals surface area (Å²) in [4.78, 5) is 5.73. The Morgan fingerprint density at radius 1 is 1.25 bits per heavy atom. The highest BCUT2D eigenvalue weighted by Crippen LogP contribution is 2.21. The van der Waals surface area contributed by atoms with Crippen molar-refractivity contribution in [3.63, 3.8) is 0 Å². The average molecular weight is 239 g/mol. The summed E-state index contributed by atoms with van der Waals surface area (Å²) in [5.41, 5.74) is 0.790. The first-order chi connectivity index (χ1) is 7.66. The van der Waals surface area contributed by atoms with Crippen LogP contribution in [0.25, 0.3) is 0 Å². The third-order valence-corrected chi connectivity index (χ3v) is 2.24. The Balaban J connectivity index is 2.31. The predicted octanol–water partition coefficient (Wildman–Crippen LogP) is 2.43. The van der Waals surface area contributed by atoms with Crippen molar-refractivity contribution in [1.29, 1.82) is 0 Å². The molecule has 0 fully saturated rings. The first-order valence-corrected chi connectivity index (χ1v) is 4.89. The zero-order chi connectivity index (χ0) is 11.5. The number of rotatable bonds is 2. The van der Waals surface area contributed by atoms with Gasteiger partial charge < -0.3 is 4.90 Å². The van der Waals surface area contributed by atoms with Crippen LogP contribution >= 0.6 is 11.6 Å².